The van der Waals surface area contributed by atoms with Gasteiger partial charge in [-0.2, -0.15) is 0 Å². The fraction of sp³-hybridized carbons (Fsp3) is 0.417. The molecular formula is C24H28N6O5. The molecule has 1 saturated heterocycles. The summed E-state index contributed by atoms with van der Waals surface area (Å²) in [6.45, 7) is 3.52. The van der Waals surface area contributed by atoms with Gasteiger partial charge in [0.25, 0.3) is 11.5 Å². The second kappa shape index (κ2) is 9.98. The Hall–Kier alpha value is -3.54. The fourth-order valence-electron chi connectivity index (χ4n) is 4.55. The number of ether oxygens (including phenoxy) is 2. The van der Waals surface area contributed by atoms with E-state index in [1.54, 1.807) is 17.7 Å². The molecule has 5 rings (SSSR count). The minimum atomic E-state index is -0.460. The summed E-state index contributed by atoms with van der Waals surface area (Å²) in [4.78, 5) is 34.8. The van der Waals surface area contributed by atoms with Gasteiger partial charge in [0, 0.05) is 51.3 Å². The molecule has 1 fully saturated rings. The average molecular weight is 481 g/mol. The molecule has 3 aromatic rings. The number of benzene rings is 1. The van der Waals surface area contributed by atoms with Crippen molar-refractivity contribution in [2.24, 2.45) is 5.92 Å². The van der Waals surface area contributed by atoms with Crippen LogP contribution in [-0.2, 0) is 17.9 Å². The van der Waals surface area contributed by atoms with Gasteiger partial charge in [-0.1, -0.05) is 0 Å². The number of carbonyl (C=O) groups excluding carboxylic acids is 1. The SMILES string of the molecule is COc1ccc2ncc(=O)n(CCN3C[C@H](CNCc4ccc5c(n4)NC(=O)CO5)[C@H](O)C3)c2c1. The molecule has 3 N–H and O–H groups in total. The van der Waals surface area contributed by atoms with E-state index in [2.05, 4.69) is 25.5 Å². The second-order valence-electron chi connectivity index (χ2n) is 8.81. The third kappa shape index (κ3) is 5.11. The molecule has 11 heteroatoms. The van der Waals surface area contributed by atoms with E-state index < -0.39 is 6.10 Å². The molecule has 11 nitrogen and oxygen atoms in total. The molecule has 0 radical (unpaired) electrons. The van der Waals surface area contributed by atoms with Crippen molar-refractivity contribution in [3.63, 3.8) is 0 Å². The van der Waals surface area contributed by atoms with Gasteiger partial charge in [-0.3, -0.25) is 14.5 Å². The topological polar surface area (TPSA) is 131 Å². The Kier molecular flexibility index (Phi) is 6.62. The monoisotopic (exact) mass is 480 g/mol. The number of aliphatic hydroxyl groups excluding tert-OH is 1. The van der Waals surface area contributed by atoms with Crippen LogP contribution in [0.5, 0.6) is 11.5 Å². The third-order valence-corrected chi connectivity index (χ3v) is 6.42. The van der Waals surface area contributed by atoms with Crippen LogP contribution in [0.3, 0.4) is 0 Å². The van der Waals surface area contributed by atoms with Crippen molar-refractivity contribution in [2.75, 3.05) is 45.2 Å². The minimum Gasteiger partial charge on any atom is -0.497 e. The van der Waals surface area contributed by atoms with Crippen LogP contribution in [0.1, 0.15) is 5.69 Å². The van der Waals surface area contributed by atoms with E-state index >= 15 is 0 Å². The van der Waals surface area contributed by atoms with E-state index in [0.29, 0.717) is 50.0 Å². The summed E-state index contributed by atoms with van der Waals surface area (Å²) in [6, 6.07) is 9.13. The first-order valence-electron chi connectivity index (χ1n) is 11.6. The summed E-state index contributed by atoms with van der Waals surface area (Å²) in [5.74, 6) is 1.51. The van der Waals surface area contributed by atoms with Gasteiger partial charge >= 0.3 is 0 Å². The molecule has 2 aliphatic heterocycles. The predicted octanol–water partition coefficient (Wildman–Crippen LogP) is 0.214. The molecule has 0 unspecified atom stereocenters. The number of amides is 1. The summed E-state index contributed by atoms with van der Waals surface area (Å²) < 4.78 is 12.3. The smallest absolute Gasteiger partial charge is 0.269 e. The van der Waals surface area contributed by atoms with Crippen LogP contribution in [-0.4, -0.2) is 76.4 Å². The van der Waals surface area contributed by atoms with Crippen LogP contribution in [0.25, 0.3) is 11.0 Å². The first kappa shape index (κ1) is 23.2. The van der Waals surface area contributed by atoms with Crippen molar-refractivity contribution in [2.45, 2.75) is 19.2 Å². The van der Waals surface area contributed by atoms with E-state index in [4.69, 9.17) is 9.47 Å². The molecule has 1 amide bonds. The lowest BCUT2D eigenvalue weighted by Crippen LogP contribution is -2.31. The van der Waals surface area contributed by atoms with E-state index in [1.807, 2.05) is 24.3 Å². The quantitative estimate of drug-likeness (QED) is 0.414. The summed E-state index contributed by atoms with van der Waals surface area (Å²) in [5, 5.41) is 16.6. The number of fused-ring (bicyclic) bond motifs is 2. The standard InChI is InChI=1S/C24H28N6O5/c1-34-17-3-4-18-19(8-17)30(23(33)11-26-18)7-6-29-12-15(20(31)13-29)9-25-10-16-2-5-21-24(27-16)28-22(32)14-35-21/h2-5,8,11,15,20,25,31H,6-7,9-10,12-14H2,1H3,(H,27,28,32)/t15-,20+/m0/s1. The zero-order valence-electron chi connectivity index (χ0n) is 19.4. The highest BCUT2D eigenvalue weighted by molar-refractivity contribution is 5.94. The van der Waals surface area contributed by atoms with Crippen molar-refractivity contribution < 1.29 is 19.4 Å². The molecule has 0 aliphatic carbocycles. The number of nitrogens with one attached hydrogen (secondary N) is 2. The summed E-state index contributed by atoms with van der Waals surface area (Å²) in [6.07, 6.45) is 0.879. The summed E-state index contributed by atoms with van der Waals surface area (Å²) in [5.41, 5.74) is 2.07. The number of aromatic nitrogens is 3. The number of nitrogens with zero attached hydrogens (tertiary/aromatic N) is 4. The number of anilines is 1. The molecule has 35 heavy (non-hydrogen) atoms. The molecule has 4 heterocycles. The van der Waals surface area contributed by atoms with Crippen molar-refractivity contribution in [3.05, 3.63) is 52.6 Å². The lowest BCUT2D eigenvalue weighted by molar-refractivity contribution is -0.118. The van der Waals surface area contributed by atoms with Crippen LogP contribution >= 0.6 is 0 Å². The Balaban J connectivity index is 1.16. The highest BCUT2D eigenvalue weighted by Crippen LogP contribution is 2.25. The van der Waals surface area contributed by atoms with E-state index in [9.17, 15) is 14.7 Å². The van der Waals surface area contributed by atoms with Gasteiger partial charge in [0.05, 0.1) is 36.1 Å². The molecular weight excluding hydrogens is 452 g/mol. The normalized spacial score (nSPS) is 19.9. The predicted molar refractivity (Wildman–Crippen MR) is 129 cm³/mol. The number of rotatable bonds is 8. The van der Waals surface area contributed by atoms with Crippen LogP contribution in [0.2, 0.25) is 0 Å². The number of hydrogen-bond donors (Lipinski definition) is 3. The van der Waals surface area contributed by atoms with Gasteiger partial charge in [0.15, 0.2) is 18.2 Å². The summed E-state index contributed by atoms with van der Waals surface area (Å²) >= 11 is 0. The van der Waals surface area contributed by atoms with Crippen molar-refractivity contribution in [3.8, 4) is 11.5 Å². The fourth-order valence-corrected chi connectivity index (χ4v) is 4.55. The van der Waals surface area contributed by atoms with Crippen LogP contribution < -0.4 is 25.7 Å². The lowest BCUT2D eigenvalue weighted by Gasteiger charge is -2.18. The molecule has 2 aromatic heterocycles. The summed E-state index contributed by atoms with van der Waals surface area (Å²) in [7, 11) is 1.59. The highest BCUT2D eigenvalue weighted by Gasteiger charge is 2.30. The van der Waals surface area contributed by atoms with Gasteiger partial charge in [-0.15, -0.1) is 0 Å². The zero-order chi connectivity index (χ0) is 24.4. The first-order valence-corrected chi connectivity index (χ1v) is 11.6. The average Bonchev–Trinajstić information content (AvgIpc) is 3.21. The molecule has 2 aliphatic rings. The molecule has 1 aromatic carbocycles. The lowest BCUT2D eigenvalue weighted by atomic mass is 10.1. The molecule has 2 atom stereocenters. The number of methoxy groups -OCH3 is 1. The van der Waals surface area contributed by atoms with E-state index in [1.165, 1.54) is 6.20 Å². The maximum atomic E-state index is 12.5. The van der Waals surface area contributed by atoms with Gasteiger partial charge in [-0.25, -0.2) is 9.97 Å². The maximum absolute atomic E-state index is 12.5. The maximum Gasteiger partial charge on any atom is 0.269 e. The van der Waals surface area contributed by atoms with Gasteiger partial charge < -0.3 is 29.8 Å². The van der Waals surface area contributed by atoms with Crippen molar-refractivity contribution in [1.82, 2.24) is 24.8 Å². The van der Waals surface area contributed by atoms with Crippen molar-refractivity contribution >= 4 is 22.8 Å². The number of hydrogen-bond acceptors (Lipinski definition) is 9. The van der Waals surface area contributed by atoms with Crippen molar-refractivity contribution in [1.29, 1.82) is 0 Å². The number of carbonyl (C=O) groups is 1. The Morgan fingerprint density at radius 3 is 2.97 bits per heavy atom. The Morgan fingerprint density at radius 2 is 2.11 bits per heavy atom. The van der Waals surface area contributed by atoms with Gasteiger partial charge in [-0.05, 0) is 24.3 Å². The number of pyridine rings is 1. The van der Waals surface area contributed by atoms with Crippen LogP contribution in [0.15, 0.2) is 41.3 Å². The Bertz CT molecular complexity index is 1300. The Labute approximate surface area is 201 Å². The number of aliphatic hydroxyl groups is 1. The van der Waals surface area contributed by atoms with E-state index in [0.717, 1.165) is 23.3 Å². The zero-order valence-corrected chi connectivity index (χ0v) is 19.4. The van der Waals surface area contributed by atoms with Gasteiger partial charge in [0.2, 0.25) is 0 Å². The number of likely N-dealkylation sites (tertiary alicyclic amines) is 1. The molecule has 0 saturated carbocycles. The molecule has 184 valence electrons. The van der Waals surface area contributed by atoms with Crippen LogP contribution in [0.4, 0.5) is 5.82 Å². The number of β-amino-alcohol motifs (C(OH)–C–C–N with tert-alkyl or cyclic N) is 1. The highest BCUT2D eigenvalue weighted by atomic mass is 16.5. The molecule has 0 spiro atoms. The van der Waals surface area contributed by atoms with Gasteiger partial charge in [0.1, 0.15) is 5.75 Å². The largest absolute Gasteiger partial charge is 0.497 e. The third-order valence-electron chi connectivity index (χ3n) is 6.42. The first-order chi connectivity index (χ1) is 17.0. The van der Waals surface area contributed by atoms with Crippen LogP contribution in [0, 0.1) is 5.92 Å². The Morgan fingerprint density at radius 1 is 1.23 bits per heavy atom. The second-order valence-corrected chi connectivity index (χ2v) is 8.81. The van der Waals surface area contributed by atoms with E-state index in [-0.39, 0.29) is 24.0 Å². The minimum absolute atomic E-state index is 0.00254. The molecule has 0 bridgehead atoms.